The molecule has 2 nitrogen and oxygen atoms in total. The summed E-state index contributed by atoms with van der Waals surface area (Å²) in [7, 11) is 0. The molecular formula is C15H25BrO2. The van der Waals surface area contributed by atoms with Crippen molar-refractivity contribution in [2.75, 3.05) is 0 Å². The lowest BCUT2D eigenvalue weighted by atomic mass is 9.80. The van der Waals surface area contributed by atoms with Crippen molar-refractivity contribution >= 4 is 21.9 Å². The number of carbonyl (C=O) groups excluding carboxylic acids is 1. The Balaban J connectivity index is 1.88. The van der Waals surface area contributed by atoms with E-state index in [1.54, 1.807) is 0 Å². The molecule has 0 aliphatic heterocycles. The summed E-state index contributed by atoms with van der Waals surface area (Å²) in [4.78, 5) is 12.4. The maximum Gasteiger partial charge on any atom is 0.323 e. The molecule has 0 aromatic heterocycles. The normalized spacial score (nSPS) is 26.6. The summed E-state index contributed by atoms with van der Waals surface area (Å²) in [5.74, 6) is 0.420. The first kappa shape index (κ1) is 14.4. The van der Waals surface area contributed by atoms with E-state index in [1.165, 1.54) is 38.5 Å². The van der Waals surface area contributed by atoms with Crippen molar-refractivity contribution in [3.8, 4) is 0 Å². The van der Waals surface area contributed by atoms with E-state index in [9.17, 15) is 4.79 Å². The number of hydrogen-bond donors (Lipinski definition) is 0. The molecule has 2 aliphatic rings. The van der Waals surface area contributed by atoms with Crippen molar-refractivity contribution in [3.05, 3.63) is 0 Å². The second kappa shape index (κ2) is 6.40. The molecular weight excluding hydrogens is 292 g/mol. The summed E-state index contributed by atoms with van der Waals surface area (Å²) >= 11 is 3.66. The maximum absolute atomic E-state index is 12.4. The van der Waals surface area contributed by atoms with Crippen LogP contribution in [0.5, 0.6) is 0 Å². The van der Waals surface area contributed by atoms with E-state index in [-0.39, 0.29) is 12.1 Å². The monoisotopic (exact) mass is 316 g/mol. The Labute approximate surface area is 119 Å². The van der Waals surface area contributed by atoms with Gasteiger partial charge in [0.25, 0.3) is 0 Å². The van der Waals surface area contributed by atoms with Crippen molar-refractivity contribution in [2.45, 2.75) is 81.6 Å². The molecule has 0 saturated heterocycles. The van der Waals surface area contributed by atoms with E-state index in [0.717, 1.165) is 25.7 Å². The molecule has 0 aromatic carbocycles. The molecule has 2 rings (SSSR count). The van der Waals surface area contributed by atoms with Crippen LogP contribution in [0.2, 0.25) is 0 Å². The van der Waals surface area contributed by atoms with Crippen LogP contribution in [-0.2, 0) is 9.53 Å². The first-order valence-corrected chi connectivity index (χ1v) is 8.30. The molecule has 0 radical (unpaired) electrons. The Morgan fingerprint density at radius 3 is 2.06 bits per heavy atom. The van der Waals surface area contributed by atoms with Gasteiger partial charge in [-0.05, 0) is 51.4 Å². The molecule has 2 saturated carbocycles. The zero-order chi connectivity index (χ0) is 13.0. The zero-order valence-electron chi connectivity index (χ0n) is 11.4. The van der Waals surface area contributed by atoms with Crippen LogP contribution in [0.4, 0.5) is 0 Å². The van der Waals surface area contributed by atoms with Gasteiger partial charge in [-0.2, -0.15) is 0 Å². The molecule has 0 amide bonds. The molecule has 0 bridgehead atoms. The lowest BCUT2D eigenvalue weighted by Crippen LogP contribution is -2.41. The van der Waals surface area contributed by atoms with Gasteiger partial charge in [-0.25, -0.2) is 0 Å². The molecule has 104 valence electrons. The van der Waals surface area contributed by atoms with Gasteiger partial charge in [0.2, 0.25) is 0 Å². The molecule has 0 heterocycles. The van der Waals surface area contributed by atoms with E-state index in [2.05, 4.69) is 15.9 Å². The van der Waals surface area contributed by atoms with Crippen molar-refractivity contribution in [1.82, 2.24) is 0 Å². The minimum absolute atomic E-state index is 0.0266. The third kappa shape index (κ3) is 3.49. The SMILES string of the molecule is CC(Br)(C(=O)OC1CCCCC1)C1CCCCC1. The van der Waals surface area contributed by atoms with Gasteiger partial charge in [0.15, 0.2) is 0 Å². The Hall–Kier alpha value is -0.0500. The van der Waals surface area contributed by atoms with Gasteiger partial charge in [-0.1, -0.05) is 41.6 Å². The summed E-state index contributed by atoms with van der Waals surface area (Å²) in [6.07, 6.45) is 12.1. The molecule has 3 heteroatoms. The number of ether oxygens (including phenoxy) is 1. The van der Waals surface area contributed by atoms with Crippen LogP contribution in [0.1, 0.15) is 71.1 Å². The van der Waals surface area contributed by atoms with Gasteiger partial charge in [0.05, 0.1) is 0 Å². The third-order valence-corrected chi connectivity index (χ3v) is 5.57. The fourth-order valence-corrected chi connectivity index (χ4v) is 3.81. The summed E-state index contributed by atoms with van der Waals surface area (Å²) in [6.45, 7) is 2.01. The second-order valence-electron chi connectivity index (χ2n) is 6.08. The summed E-state index contributed by atoms with van der Waals surface area (Å²) in [5, 5.41) is 0. The van der Waals surface area contributed by atoms with Gasteiger partial charge < -0.3 is 4.74 Å². The molecule has 2 aliphatic carbocycles. The predicted octanol–water partition coefficient (Wildman–Crippen LogP) is 4.60. The second-order valence-corrected chi connectivity index (χ2v) is 7.72. The van der Waals surface area contributed by atoms with Crippen LogP contribution < -0.4 is 0 Å². The highest BCUT2D eigenvalue weighted by Gasteiger charge is 2.41. The van der Waals surface area contributed by atoms with E-state index in [0.29, 0.717) is 5.92 Å². The van der Waals surface area contributed by atoms with Gasteiger partial charge in [-0.3, -0.25) is 4.79 Å². The molecule has 2 fully saturated rings. The number of alkyl halides is 1. The highest BCUT2D eigenvalue weighted by molar-refractivity contribution is 9.10. The highest BCUT2D eigenvalue weighted by atomic mass is 79.9. The van der Waals surface area contributed by atoms with Gasteiger partial charge in [-0.15, -0.1) is 0 Å². The number of rotatable bonds is 3. The van der Waals surface area contributed by atoms with E-state index < -0.39 is 4.32 Å². The minimum atomic E-state index is -0.467. The van der Waals surface area contributed by atoms with Crippen molar-refractivity contribution in [3.63, 3.8) is 0 Å². The summed E-state index contributed by atoms with van der Waals surface area (Å²) in [5.41, 5.74) is 0. The lowest BCUT2D eigenvalue weighted by molar-refractivity contribution is -0.154. The maximum atomic E-state index is 12.4. The molecule has 0 aromatic rings. The zero-order valence-corrected chi connectivity index (χ0v) is 13.0. The minimum Gasteiger partial charge on any atom is -0.461 e. The quantitative estimate of drug-likeness (QED) is 0.562. The fourth-order valence-electron chi connectivity index (χ4n) is 3.26. The Kier molecular flexibility index (Phi) is 5.11. The van der Waals surface area contributed by atoms with Crippen molar-refractivity contribution in [1.29, 1.82) is 0 Å². The van der Waals surface area contributed by atoms with Crippen LogP contribution in [-0.4, -0.2) is 16.4 Å². The summed E-state index contributed by atoms with van der Waals surface area (Å²) < 4.78 is 5.26. The highest BCUT2D eigenvalue weighted by Crippen LogP contribution is 2.39. The molecule has 1 unspecified atom stereocenters. The standard InChI is InChI=1S/C15H25BrO2/c1-15(16,12-8-4-2-5-9-12)14(17)18-13-10-6-3-7-11-13/h12-13H,2-11H2,1H3. The first-order valence-electron chi connectivity index (χ1n) is 7.50. The molecule has 0 spiro atoms. The average molecular weight is 317 g/mol. The van der Waals surface area contributed by atoms with Crippen molar-refractivity contribution in [2.24, 2.45) is 5.92 Å². The number of halogens is 1. The Bertz CT molecular complexity index is 276. The summed E-state index contributed by atoms with van der Waals surface area (Å²) in [6, 6.07) is 0. The Morgan fingerprint density at radius 1 is 1.00 bits per heavy atom. The van der Waals surface area contributed by atoms with Crippen LogP contribution in [0.25, 0.3) is 0 Å². The largest absolute Gasteiger partial charge is 0.461 e. The van der Waals surface area contributed by atoms with E-state index in [4.69, 9.17) is 4.74 Å². The first-order chi connectivity index (χ1) is 8.60. The van der Waals surface area contributed by atoms with Crippen LogP contribution in [0.15, 0.2) is 0 Å². The number of hydrogen-bond acceptors (Lipinski definition) is 2. The predicted molar refractivity (Wildman–Crippen MR) is 76.9 cm³/mol. The van der Waals surface area contributed by atoms with E-state index >= 15 is 0 Å². The van der Waals surface area contributed by atoms with Crippen LogP contribution in [0, 0.1) is 5.92 Å². The average Bonchev–Trinajstić information content (AvgIpc) is 2.41. The van der Waals surface area contributed by atoms with Crippen LogP contribution in [0.3, 0.4) is 0 Å². The van der Waals surface area contributed by atoms with Crippen LogP contribution >= 0.6 is 15.9 Å². The van der Waals surface area contributed by atoms with Gasteiger partial charge in [0, 0.05) is 0 Å². The molecule has 18 heavy (non-hydrogen) atoms. The van der Waals surface area contributed by atoms with Gasteiger partial charge >= 0.3 is 5.97 Å². The van der Waals surface area contributed by atoms with E-state index in [1.807, 2.05) is 6.92 Å². The lowest BCUT2D eigenvalue weighted by Gasteiger charge is -2.35. The molecule has 0 N–H and O–H groups in total. The van der Waals surface area contributed by atoms with Gasteiger partial charge in [0.1, 0.15) is 10.4 Å². The fraction of sp³-hybridized carbons (Fsp3) is 0.933. The van der Waals surface area contributed by atoms with Crippen molar-refractivity contribution < 1.29 is 9.53 Å². The third-order valence-electron chi connectivity index (χ3n) is 4.60. The topological polar surface area (TPSA) is 26.3 Å². The molecule has 1 atom stereocenters. The smallest absolute Gasteiger partial charge is 0.323 e. The number of carbonyl (C=O) groups is 1. The number of esters is 1. The Morgan fingerprint density at radius 2 is 1.50 bits per heavy atom.